The van der Waals surface area contributed by atoms with Gasteiger partial charge in [-0.25, -0.2) is 8.42 Å². The zero-order chi connectivity index (χ0) is 63.2. The molecule has 20 nitrogen and oxygen atoms in total. The van der Waals surface area contributed by atoms with E-state index in [1.54, 1.807) is 0 Å². The zero-order valence-electron chi connectivity index (χ0n) is 52.6. The van der Waals surface area contributed by atoms with Crippen molar-refractivity contribution in [3.63, 3.8) is 0 Å². The van der Waals surface area contributed by atoms with E-state index in [0.29, 0.717) is 49.1 Å². The Labute approximate surface area is 541 Å². The van der Waals surface area contributed by atoms with Crippen molar-refractivity contribution in [2.45, 2.75) is 317 Å². The van der Waals surface area contributed by atoms with Crippen LogP contribution in [0.5, 0.6) is 0 Å². The Hall–Kier alpha value is -1.65. The van der Waals surface area contributed by atoms with Crippen LogP contribution in [0.4, 0.5) is 0 Å². The number of allylic oxidation sites excluding steroid dienone is 7. The molecule has 0 amide bonds. The fourth-order valence-electron chi connectivity index (χ4n) is 11.6. The average Bonchev–Trinajstić information content (AvgIpc) is 2.81. The summed E-state index contributed by atoms with van der Waals surface area (Å²) < 4.78 is 67.1. The third-order valence-electron chi connectivity index (χ3n) is 16.9. The number of aliphatic hydroxyl groups is 9. The predicted octanol–water partition coefficient (Wildman–Crippen LogP) is 4.28. The van der Waals surface area contributed by atoms with Gasteiger partial charge in [-0.3, -0.25) is 13.8 Å². The maximum Gasteiger partial charge on any atom is 1.00 e. The van der Waals surface area contributed by atoms with E-state index in [4.69, 9.17) is 23.7 Å². The number of rotatable bonds is 49. The van der Waals surface area contributed by atoms with E-state index in [9.17, 15) is 68.5 Å². The van der Waals surface area contributed by atoms with Gasteiger partial charge in [-0.05, 0) is 128 Å². The first-order valence-electron chi connectivity index (χ1n) is 32.2. The fourth-order valence-corrected chi connectivity index (χ4v) is 12.1. The summed E-state index contributed by atoms with van der Waals surface area (Å²) in [6, 6.07) is 0. The van der Waals surface area contributed by atoms with Gasteiger partial charge in [0.1, 0.15) is 42.1 Å². The van der Waals surface area contributed by atoms with E-state index in [2.05, 4.69) is 67.6 Å². The Morgan fingerprint density at radius 2 is 1.32 bits per heavy atom. The molecule has 11 unspecified atom stereocenters. The van der Waals surface area contributed by atoms with Crippen LogP contribution in [0.3, 0.4) is 0 Å². The molecule has 0 aromatic heterocycles. The van der Waals surface area contributed by atoms with Gasteiger partial charge in [0, 0.05) is 44.9 Å². The maximum atomic E-state index is 13.0. The van der Waals surface area contributed by atoms with E-state index in [-0.39, 0.29) is 80.3 Å². The van der Waals surface area contributed by atoms with Gasteiger partial charge in [0.2, 0.25) is 10.4 Å². The molecule has 4 aliphatic rings. The number of Topliss-reactive ketones (excluding diaryl/α,β-unsaturated/α-hetero) is 2. The Morgan fingerprint density at radius 1 is 0.655 bits per heavy atom. The minimum Gasteiger partial charge on any atom is -0.726 e. The van der Waals surface area contributed by atoms with Crippen LogP contribution in [-0.2, 0) is 47.9 Å². The van der Waals surface area contributed by atoms with Crippen molar-refractivity contribution in [1.29, 1.82) is 0 Å². The second-order valence-corrected chi connectivity index (χ2v) is 26.1. The van der Waals surface area contributed by atoms with Crippen LogP contribution in [0, 0.1) is 11.8 Å². The molecule has 0 aliphatic carbocycles. The molecule has 4 heterocycles. The number of aliphatic hydroxyl groups excluding tert-OH is 9. The number of ketones is 2. The summed E-state index contributed by atoms with van der Waals surface area (Å²) >= 11 is 0. The van der Waals surface area contributed by atoms with E-state index in [0.717, 1.165) is 103 Å². The van der Waals surface area contributed by atoms with Gasteiger partial charge >= 0.3 is 29.6 Å². The molecule has 9 N–H and O–H groups in total. The number of hydrogen-bond acceptors (Lipinski definition) is 20. The molecule has 0 radical (unpaired) electrons. The zero-order valence-corrected chi connectivity index (χ0v) is 55.5. The summed E-state index contributed by atoms with van der Waals surface area (Å²) in [5.74, 6) is 0.566. The number of unbranched alkanes of at least 4 members (excludes halogenated alkanes) is 6. The van der Waals surface area contributed by atoms with Crippen LogP contribution in [0.15, 0.2) is 61.3 Å². The molecule has 0 spiro atoms. The molecule has 87 heavy (non-hydrogen) atoms. The molecular formula is C65H109NaO20S. The molecule has 0 aromatic rings. The Morgan fingerprint density at radius 3 is 2.03 bits per heavy atom. The SMILES string of the molecule is C=CCCC1OC1CC(=C)CCC1OC1CCCC/C=C/CC/C=C/CC(C)/C=C/CC(C)CCCCCCC(=O)CCCC(CC(O)CC(=O)CC(O)CCC(O)[C@H]1C[C@@H](O)[C@@H](OS(=O)(=O)[O-])[C@H](CC(C)O)O1)O[C@@H]1O[C@H](CO)[C@@H](O)[C@H](O)[C@H]1O.[Na+]. The largest absolute Gasteiger partial charge is 1.00 e. The minimum absolute atomic E-state index is 0. The van der Waals surface area contributed by atoms with Crippen molar-refractivity contribution in [1.82, 2.24) is 0 Å². The normalized spacial score (nSPS) is 29.1. The fraction of sp³-hybridized carbons (Fsp3) is 0.815. The average molecular weight is 1270 g/mol. The third-order valence-corrected chi connectivity index (χ3v) is 17.3. The number of ether oxygens (including phenoxy) is 5. The molecule has 22 heteroatoms. The van der Waals surface area contributed by atoms with Crippen LogP contribution in [-0.4, -0.2) is 187 Å². The number of epoxide rings is 2. The monoisotopic (exact) mass is 1260 g/mol. The van der Waals surface area contributed by atoms with Crippen molar-refractivity contribution >= 4 is 22.0 Å². The first-order valence-corrected chi connectivity index (χ1v) is 33.5. The smallest absolute Gasteiger partial charge is 0.726 e. The second-order valence-electron chi connectivity index (χ2n) is 25.1. The topological polar surface area (TPSA) is 335 Å². The Balaban J connectivity index is 0.0000198. The molecule has 4 fully saturated rings. The van der Waals surface area contributed by atoms with E-state index >= 15 is 0 Å². The van der Waals surface area contributed by atoms with Crippen molar-refractivity contribution in [2.75, 3.05) is 6.61 Å². The Kier molecular flexibility index (Phi) is 39.6. The van der Waals surface area contributed by atoms with Crippen LogP contribution in [0.25, 0.3) is 0 Å². The number of hydrogen-bond donors (Lipinski definition) is 9. The summed E-state index contributed by atoms with van der Waals surface area (Å²) in [6.45, 7) is 13.3. The minimum atomic E-state index is -5.24. The van der Waals surface area contributed by atoms with Crippen LogP contribution in [0.2, 0.25) is 0 Å². The van der Waals surface area contributed by atoms with Gasteiger partial charge < -0.3 is 74.2 Å². The van der Waals surface area contributed by atoms with E-state index in [1.807, 2.05) is 6.08 Å². The molecule has 4 rings (SSSR count). The quantitative estimate of drug-likeness (QED) is 0.0102. The first-order chi connectivity index (χ1) is 41.0. The summed E-state index contributed by atoms with van der Waals surface area (Å²) in [6.07, 6.45) is 16.5. The van der Waals surface area contributed by atoms with Gasteiger partial charge in [0.15, 0.2) is 6.29 Å². The molecule has 20 atom stereocenters. The van der Waals surface area contributed by atoms with Gasteiger partial charge in [0.25, 0.3) is 0 Å². The molecule has 4 aliphatic heterocycles. The van der Waals surface area contributed by atoms with Crippen LogP contribution < -0.4 is 29.6 Å². The molecule has 0 bridgehead atoms. The van der Waals surface area contributed by atoms with E-state index in [1.165, 1.54) is 25.3 Å². The molecule has 496 valence electrons. The molecular weight excluding hydrogens is 1160 g/mol. The molecule has 4 saturated heterocycles. The van der Waals surface area contributed by atoms with Gasteiger partial charge in [-0.1, -0.05) is 101 Å². The summed E-state index contributed by atoms with van der Waals surface area (Å²) in [5.41, 5.74) is 1.29. The second kappa shape index (κ2) is 43.3. The van der Waals surface area contributed by atoms with Crippen molar-refractivity contribution < 1.29 is 126 Å². The Bertz CT molecular complexity index is 2140. The summed E-state index contributed by atoms with van der Waals surface area (Å²) in [7, 11) is -5.24. The summed E-state index contributed by atoms with van der Waals surface area (Å²) in [5, 5.41) is 94.1. The van der Waals surface area contributed by atoms with Gasteiger partial charge in [-0.15, -0.1) is 6.58 Å². The van der Waals surface area contributed by atoms with Gasteiger partial charge in [0.05, 0.1) is 79.9 Å². The maximum absolute atomic E-state index is 13.0. The van der Waals surface area contributed by atoms with Gasteiger partial charge in [-0.2, -0.15) is 0 Å². The molecule has 0 aromatic carbocycles. The van der Waals surface area contributed by atoms with E-state index < -0.39 is 121 Å². The van der Waals surface area contributed by atoms with Crippen molar-refractivity contribution in [3.8, 4) is 0 Å². The number of carbonyl (C=O) groups is 2. The van der Waals surface area contributed by atoms with Crippen LogP contribution >= 0.6 is 0 Å². The standard InChI is InChI=1S/C65H110O20S.Na/c1-6-7-30-55-58(82-55)36-45(4)32-35-56-54(81-56)31-20-14-12-10-8-9-11-13-17-23-43(2)25-21-26-44(3)24-18-15-16-19-27-47(68)28-22-29-51(80-65-63(76)62(75)61(74)60(42-66)84-65)40-50(71)39-49(70)38-48(69)33-34-52(72)57-41-53(73)64(85-86(77,78)79)59(83-57)37-46(5)67;/h6,8,10,13,17,21,25,43-44,46,48,50-67,69,71-76H,1,4,7,9,11-12,14-16,18-20,22-24,26-42H2,2-3,5H3,(H,77,78,79);/q;+1/p-1/b10-8+,17-13+,25-21+;/t43?,44?,46?,48?,50?,51?,52?,53-,54?,55?,56?,57-,58?,59+,60-,61-,62+,63-,64-,65-;/m1./s1. The summed E-state index contributed by atoms with van der Waals surface area (Å²) in [4.78, 5) is 26.0. The number of carbonyl (C=O) groups excluding carboxylic acids is 2. The van der Waals surface area contributed by atoms with Crippen LogP contribution in [0.1, 0.15) is 207 Å². The molecule has 0 saturated carbocycles. The first kappa shape index (κ1) is 79.6. The van der Waals surface area contributed by atoms with Crippen molar-refractivity contribution in [3.05, 3.63) is 61.3 Å². The third kappa shape index (κ3) is 33.7. The van der Waals surface area contributed by atoms with Crippen molar-refractivity contribution in [2.24, 2.45) is 11.8 Å². The predicted molar refractivity (Wildman–Crippen MR) is 324 cm³/mol.